The van der Waals surface area contributed by atoms with Gasteiger partial charge in [0.2, 0.25) is 0 Å². The van der Waals surface area contributed by atoms with Gasteiger partial charge in [0.25, 0.3) is 0 Å². The Bertz CT molecular complexity index is 813. The topological polar surface area (TPSA) is 15.6 Å². The highest BCUT2D eigenvalue weighted by atomic mass is 15.2. The molecule has 0 aliphatic carbocycles. The second-order valence-corrected chi connectivity index (χ2v) is 9.20. The lowest BCUT2D eigenvalue weighted by molar-refractivity contribution is 0.356. The highest BCUT2D eigenvalue weighted by molar-refractivity contribution is 5.83. The van der Waals surface area contributed by atoms with Gasteiger partial charge >= 0.3 is 0 Å². The first kappa shape index (κ1) is 19.7. The van der Waals surface area contributed by atoms with Crippen molar-refractivity contribution in [3.63, 3.8) is 0 Å². The first-order valence-electron chi connectivity index (χ1n) is 10.3. The SMILES string of the molecule is CC(C)c1ccc(N=Cc2ccc3c(c2)C(C)CC(C)(C)N3C(C)C)cc1. The van der Waals surface area contributed by atoms with Gasteiger partial charge in [-0.25, -0.2) is 0 Å². The molecule has 1 aliphatic rings. The van der Waals surface area contributed by atoms with Gasteiger partial charge in [-0.3, -0.25) is 4.99 Å². The summed E-state index contributed by atoms with van der Waals surface area (Å²) in [4.78, 5) is 7.27. The summed E-state index contributed by atoms with van der Waals surface area (Å²) in [6.07, 6.45) is 3.17. The zero-order valence-electron chi connectivity index (χ0n) is 18.0. The molecule has 2 heteroatoms. The van der Waals surface area contributed by atoms with Crippen molar-refractivity contribution >= 4 is 17.6 Å². The van der Waals surface area contributed by atoms with Crippen LogP contribution in [0.2, 0.25) is 0 Å². The Labute approximate surface area is 165 Å². The molecular weight excluding hydrogens is 328 g/mol. The molecule has 0 amide bonds. The van der Waals surface area contributed by atoms with E-state index in [1.165, 1.54) is 28.8 Å². The lowest BCUT2D eigenvalue weighted by Gasteiger charge is -2.50. The highest BCUT2D eigenvalue weighted by Crippen LogP contribution is 2.44. The Hall–Kier alpha value is -2.09. The van der Waals surface area contributed by atoms with Gasteiger partial charge in [-0.05, 0) is 86.9 Å². The number of anilines is 1. The van der Waals surface area contributed by atoms with Crippen molar-refractivity contribution in [2.75, 3.05) is 4.90 Å². The van der Waals surface area contributed by atoms with E-state index in [2.05, 4.69) is 95.8 Å². The third kappa shape index (κ3) is 4.10. The van der Waals surface area contributed by atoms with E-state index in [-0.39, 0.29) is 5.54 Å². The molecule has 0 N–H and O–H groups in total. The van der Waals surface area contributed by atoms with E-state index in [9.17, 15) is 0 Å². The van der Waals surface area contributed by atoms with Crippen LogP contribution in [0.1, 0.15) is 83.4 Å². The van der Waals surface area contributed by atoms with Crippen LogP contribution in [0, 0.1) is 0 Å². The normalized spacial score (nSPS) is 19.1. The van der Waals surface area contributed by atoms with Crippen molar-refractivity contribution < 1.29 is 0 Å². The van der Waals surface area contributed by atoms with Crippen molar-refractivity contribution in [1.29, 1.82) is 0 Å². The number of hydrogen-bond acceptors (Lipinski definition) is 2. The van der Waals surface area contributed by atoms with Crippen molar-refractivity contribution in [3.05, 3.63) is 59.2 Å². The third-order valence-corrected chi connectivity index (χ3v) is 5.74. The van der Waals surface area contributed by atoms with Crippen LogP contribution in [0.4, 0.5) is 11.4 Å². The molecule has 1 heterocycles. The maximum Gasteiger partial charge on any atom is 0.0630 e. The van der Waals surface area contributed by atoms with Crippen molar-refractivity contribution in [1.82, 2.24) is 0 Å². The maximum atomic E-state index is 4.70. The van der Waals surface area contributed by atoms with Crippen LogP contribution in [0.25, 0.3) is 0 Å². The van der Waals surface area contributed by atoms with Gasteiger partial charge in [0.15, 0.2) is 0 Å². The van der Waals surface area contributed by atoms with Crippen LogP contribution >= 0.6 is 0 Å². The van der Waals surface area contributed by atoms with Crippen molar-refractivity contribution in [3.8, 4) is 0 Å². The first-order chi connectivity index (χ1) is 12.7. The molecule has 1 unspecified atom stereocenters. The molecule has 0 saturated carbocycles. The van der Waals surface area contributed by atoms with Gasteiger partial charge in [-0.2, -0.15) is 0 Å². The molecule has 0 spiro atoms. The predicted molar refractivity (Wildman–Crippen MR) is 119 cm³/mol. The summed E-state index contributed by atoms with van der Waals surface area (Å²) >= 11 is 0. The minimum absolute atomic E-state index is 0.189. The largest absolute Gasteiger partial charge is 0.364 e. The molecular formula is C25H34N2. The van der Waals surface area contributed by atoms with E-state index in [1.54, 1.807) is 0 Å². The summed E-state index contributed by atoms with van der Waals surface area (Å²) < 4.78 is 0. The summed E-state index contributed by atoms with van der Waals surface area (Å²) in [6, 6.07) is 15.9. The standard InChI is InChI=1S/C25H34N2/c1-17(2)21-9-11-22(12-10-21)26-16-20-8-13-24-23(14-20)19(5)15-25(6,7)27(24)18(3)4/h8-14,16-19H,15H2,1-7H3. The molecule has 144 valence electrons. The number of benzene rings is 2. The number of hydrogen-bond donors (Lipinski definition) is 0. The average molecular weight is 363 g/mol. The van der Waals surface area contributed by atoms with E-state index >= 15 is 0 Å². The van der Waals surface area contributed by atoms with E-state index < -0.39 is 0 Å². The van der Waals surface area contributed by atoms with Crippen LogP contribution in [-0.4, -0.2) is 17.8 Å². The zero-order chi connectivity index (χ0) is 19.8. The summed E-state index contributed by atoms with van der Waals surface area (Å²) in [7, 11) is 0. The quantitative estimate of drug-likeness (QED) is 0.531. The smallest absolute Gasteiger partial charge is 0.0630 e. The van der Waals surface area contributed by atoms with E-state index in [0.29, 0.717) is 17.9 Å². The zero-order valence-corrected chi connectivity index (χ0v) is 18.0. The monoisotopic (exact) mass is 362 g/mol. The fourth-order valence-corrected chi connectivity index (χ4v) is 4.62. The average Bonchev–Trinajstić information content (AvgIpc) is 2.59. The third-order valence-electron chi connectivity index (χ3n) is 5.74. The minimum atomic E-state index is 0.189. The number of nitrogens with zero attached hydrogens (tertiary/aromatic N) is 2. The number of rotatable bonds is 4. The molecule has 0 fully saturated rings. The van der Waals surface area contributed by atoms with Crippen LogP contribution in [0.5, 0.6) is 0 Å². The Morgan fingerprint density at radius 3 is 2.30 bits per heavy atom. The maximum absolute atomic E-state index is 4.70. The van der Waals surface area contributed by atoms with E-state index in [0.717, 1.165) is 5.69 Å². The predicted octanol–water partition coefficient (Wildman–Crippen LogP) is 7.06. The summed E-state index contributed by atoms with van der Waals surface area (Å²) in [6.45, 7) is 16.1. The lowest BCUT2D eigenvalue weighted by atomic mass is 9.79. The Kier molecular flexibility index (Phi) is 5.46. The highest BCUT2D eigenvalue weighted by Gasteiger charge is 2.37. The summed E-state index contributed by atoms with van der Waals surface area (Å²) in [5.41, 5.74) is 6.56. The van der Waals surface area contributed by atoms with E-state index in [1.807, 2.05) is 6.21 Å². The second kappa shape index (κ2) is 7.50. The minimum Gasteiger partial charge on any atom is -0.364 e. The van der Waals surface area contributed by atoms with Gasteiger partial charge in [0, 0.05) is 23.5 Å². The van der Waals surface area contributed by atoms with Crippen molar-refractivity contribution in [2.24, 2.45) is 4.99 Å². The number of aliphatic imine (C=N–C) groups is 1. The van der Waals surface area contributed by atoms with Crippen LogP contribution in [0.3, 0.4) is 0 Å². The van der Waals surface area contributed by atoms with Crippen molar-refractivity contribution in [2.45, 2.75) is 78.3 Å². The fourth-order valence-electron chi connectivity index (χ4n) is 4.62. The van der Waals surface area contributed by atoms with Gasteiger partial charge in [0.05, 0.1) is 5.69 Å². The van der Waals surface area contributed by atoms with Gasteiger partial charge < -0.3 is 4.90 Å². The lowest BCUT2D eigenvalue weighted by Crippen LogP contribution is -2.51. The number of fused-ring (bicyclic) bond motifs is 1. The van der Waals surface area contributed by atoms with Crippen LogP contribution < -0.4 is 4.90 Å². The Morgan fingerprint density at radius 2 is 1.70 bits per heavy atom. The van der Waals surface area contributed by atoms with Gasteiger partial charge in [0.1, 0.15) is 0 Å². The summed E-state index contributed by atoms with van der Waals surface area (Å²) in [5, 5.41) is 0. The molecule has 27 heavy (non-hydrogen) atoms. The molecule has 2 aromatic carbocycles. The second-order valence-electron chi connectivity index (χ2n) is 9.20. The van der Waals surface area contributed by atoms with Gasteiger partial charge in [-0.15, -0.1) is 0 Å². The fraction of sp³-hybridized carbons (Fsp3) is 0.480. The van der Waals surface area contributed by atoms with Gasteiger partial charge in [-0.1, -0.05) is 39.0 Å². The molecule has 1 atom stereocenters. The van der Waals surface area contributed by atoms with E-state index in [4.69, 9.17) is 4.99 Å². The van der Waals surface area contributed by atoms with Crippen LogP contribution in [-0.2, 0) is 0 Å². The molecule has 0 saturated heterocycles. The Balaban J connectivity index is 1.88. The molecule has 3 rings (SSSR count). The molecule has 2 nitrogen and oxygen atoms in total. The first-order valence-corrected chi connectivity index (χ1v) is 10.3. The van der Waals surface area contributed by atoms with Crippen LogP contribution in [0.15, 0.2) is 47.5 Å². The summed E-state index contributed by atoms with van der Waals surface area (Å²) in [5.74, 6) is 1.11. The molecule has 1 aliphatic heterocycles. The molecule has 0 radical (unpaired) electrons. The molecule has 2 aromatic rings. The molecule has 0 bridgehead atoms. The Morgan fingerprint density at radius 1 is 1.04 bits per heavy atom. The molecule has 0 aromatic heterocycles.